The molecule has 1 aromatic heterocycles. The summed E-state index contributed by atoms with van der Waals surface area (Å²) in [5, 5.41) is 15.5. The monoisotopic (exact) mass is 392 g/mol. The molecule has 0 radical (unpaired) electrons. The third kappa shape index (κ3) is 5.07. The van der Waals surface area contributed by atoms with E-state index in [9.17, 15) is 24.5 Å². The van der Waals surface area contributed by atoms with Gasteiger partial charge < -0.3 is 10.1 Å². The first-order valence-electron chi connectivity index (χ1n) is 7.84. The maximum Gasteiger partial charge on any atom is 0.345 e. The van der Waals surface area contributed by atoms with E-state index in [0.717, 1.165) is 13.1 Å². The number of nitro groups is 1. The first-order valence-corrected chi connectivity index (χ1v) is 8.66. The minimum absolute atomic E-state index is 0.00533. The molecule has 0 saturated heterocycles. The second kappa shape index (κ2) is 8.85. The predicted octanol–water partition coefficient (Wildman–Crippen LogP) is 2.37. The molecule has 0 unspecified atom stereocenters. The summed E-state index contributed by atoms with van der Waals surface area (Å²) < 4.78 is 5.04. The minimum atomic E-state index is -0.780. The van der Waals surface area contributed by atoms with Crippen LogP contribution in [0.25, 0.3) is 0 Å². The number of thiazole rings is 1. The number of rotatable bonds is 7. The molecule has 2 aromatic rings. The number of carbonyl (C=O) groups excluding carboxylic acids is 3. The van der Waals surface area contributed by atoms with Crippen molar-refractivity contribution in [2.45, 2.75) is 20.3 Å². The lowest BCUT2D eigenvalue weighted by molar-refractivity contribution is -0.380. The van der Waals surface area contributed by atoms with Crippen molar-refractivity contribution in [1.29, 1.82) is 0 Å². The van der Waals surface area contributed by atoms with Crippen LogP contribution >= 0.6 is 11.3 Å². The second-order valence-electron chi connectivity index (χ2n) is 5.24. The summed E-state index contributed by atoms with van der Waals surface area (Å²) >= 11 is 0.661. The molecule has 2 N–H and O–H groups in total. The molecule has 0 aliphatic heterocycles. The predicted molar refractivity (Wildman–Crippen MR) is 97.1 cm³/mol. The maximum absolute atomic E-state index is 12.7. The number of aromatic nitrogens is 1. The van der Waals surface area contributed by atoms with Gasteiger partial charge in [0.15, 0.2) is 5.13 Å². The molecule has 142 valence electrons. The summed E-state index contributed by atoms with van der Waals surface area (Å²) in [5.41, 5.74) is -0.162. The van der Waals surface area contributed by atoms with Crippen LogP contribution in [0, 0.1) is 10.1 Å². The fraction of sp³-hybridized carbons (Fsp3) is 0.250. The van der Waals surface area contributed by atoms with Crippen LogP contribution in [-0.4, -0.2) is 34.2 Å². The molecule has 0 aliphatic rings. The highest BCUT2D eigenvalue weighted by molar-refractivity contribution is 7.18. The summed E-state index contributed by atoms with van der Waals surface area (Å²) in [5.74, 6) is -2.06. The fourth-order valence-electron chi connectivity index (χ4n) is 2.10. The van der Waals surface area contributed by atoms with Crippen LogP contribution in [-0.2, 0) is 4.79 Å². The molecule has 0 fully saturated rings. The van der Waals surface area contributed by atoms with E-state index in [1.807, 2.05) is 6.92 Å². The van der Waals surface area contributed by atoms with Crippen LogP contribution in [0.3, 0.4) is 0 Å². The molecule has 11 heteroatoms. The van der Waals surface area contributed by atoms with E-state index in [0.29, 0.717) is 24.3 Å². The van der Waals surface area contributed by atoms with Crippen LogP contribution in [0.5, 0.6) is 5.75 Å². The third-order valence-corrected chi connectivity index (χ3v) is 4.05. The Hall–Kier alpha value is -3.34. The van der Waals surface area contributed by atoms with Crippen molar-refractivity contribution >= 4 is 39.3 Å². The van der Waals surface area contributed by atoms with Gasteiger partial charge in [-0.15, -0.1) is 0 Å². The third-order valence-electron chi connectivity index (χ3n) is 3.18. The van der Waals surface area contributed by atoms with Crippen molar-refractivity contribution < 1.29 is 24.0 Å². The Morgan fingerprint density at radius 3 is 2.63 bits per heavy atom. The Morgan fingerprint density at radius 1 is 1.30 bits per heavy atom. The van der Waals surface area contributed by atoms with Crippen molar-refractivity contribution in [3.8, 4) is 5.75 Å². The largest absolute Gasteiger partial charge is 0.426 e. The molecule has 1 aromatic carbocycles. The number of carbonyl (C=O) groups is 3. The molecular weight excluding hydrogens is 376 g/mol. The second-order valence-corrected chi connectivity index (χ2v) is 6.25. The van der Waals surface area contributed by atoms with Gasteiger partial charge >= 0.3 is 11.0 Å². The zero-order valence-electron chi connectivity index (χ0n) is 14.5. The number of hydrogen-bond donors (Lipinski definition) is 2. The summed E-state index contributed by atoms with van der Waals surface area (Å²) in [6.07, 6.45) is 1.70. The summed E-state index contributed by atoms with van der Waals surface area (Å²) in [6.45, 7) is 3.44. The smallest absolute Gasteiger partial charge is 0.345 e. The van der Waals surface area contributed by atoms with Gasteiger partial charge in [0.25, 0.3) is 11.8 Å². The quantitative estimate of drug-likeness (QED) is 0.319. The van der Waals surface area contributed by atoms with E-state index < -0.39 is 22.7 Å². The Bertz CT molecular complexity index is 895. The van der Waals surface area contributed by atoms with E-state index in [4.69, 9.17) is 4.74 Å². The van der Waals surface area contributed by atoms with Gasteiger partial charge in [-0.25, -0.2) is 4.98 Å². The van der Waals surface area contributed by atoms with Gasteiger partial charge in [0.1, 0.15) is 11.9 Å². The zero-order chi connectivity index (χ0) is 20.0. The molecule has 0 saturated carbocycles. The van der Waals surface area contributed by atoms with Gasteiger partial charge in [0.05, 0.1) is 16.1 Å². The molecule has 1 heterocycles. The number of nitrogens with zero attached hydrogens (tertiary/aromatic N) is 2. The SMILES string of the molecule is CCCNC(=O)c1cccc(OC(C)=O)c1C(=O)Nc1ncc([N+](=O)[O-])s1. The zero-order valence-corrected chi connectivity index (χ0v) is 15.3. The van der Waals surface area contributed by atoms with Crippen molar-refractivity contribution in [1.82, 2.24) is 10.3 Å². The van der Waals surface area contributed by atoms with E-state index in [-0.39, 0.29) is 27.0 Å². The number of esters is 1. The van der Waals surface area contributed by atoms with Crippen molar-refractivity contribution in [3.63, 3.8) is 0 Å². The van der Waals surface area contributed by atoms with Gasteiger partial charge in [-0.2, -0.15) is 0 Å². The molecule has 10 nitrogen and oxygen atoms in total. The Labute approximate surface area is 157 Å². The lowest BCUT2D eigenvalue weighted by atomic mass is 10.0. The highest BCUT2D eigenvalue weighted by atomic mass is 32.1. The molecular formula is C16H16N4O6S. The standard InChI is InChI=1S/C16H16N4O6S/c1-3-7-17-14(22)10-5-4-6-11(26-9(2)21)13(10)15(23)19-16-18-8-12(27-16)20(24)25/h4-6,8H,3,7H2,1-2H3,(H,17,22)(H,18,19,23). The summed E-state index contributed by atoms with van der Waals surface area (Å²) in [6, 6.07) is 4.26. The summed E-state index contributed by atoms with van der Waals surface area (Å²) in [7, 11) is 0. The number of nitrogens with one attached hydrogen (secondary N) is 2. The van der Waals surface area contributed by atoms with E-state index in [1.54, 1.807) is 0 Å². The van der Waals surface area contributed by atoms with Crippen molar-refractivity contribution in [3.05, 3.63) is 45.6 Å². The van der Waals surface area contributed by atoms with Crippen LogP contribution in [0.2, 0.25) is 0 Å². The minimum Gasteiger partial charge on any atom is -0.426 e. The highest BCUT2D eigenvalue weighted by Crippen LogP contribution is 2.28. The highest BCUT2D eigenvalue weighted by Gasteiger charge is 2.24. The molecule has 2 rings (SSSR count). The van der Waals surface area contributed by atoms with Gasteiger partial charge in [-0.05, 0) is 29.9 Å². The van der Waals surface area contributed by atoms with Crippen LogP contribution in [0.15, 0.2) is 24.4 Å². The lowest BCUT2D eigenvalue weighted by Crippen LogP contribution is -2.27. The average Bonchev–Trinajstić information content (AvgIpc) is 3.07. The van der Waals surface area contributed by atoms with Crippen LogP contribution in [0.1, 0.15) is 41.0 Å². The van der Waals surface area contributed by atoms with Gasteiger partial charge in [-0.3, -0.25) is 29.8 Å². The molecule has 0 atom stereocenters. The Balaban J connectivity index is 2.40. The maximum atomic E-state index is 12.7. The van der Waals surface area contributed by atoms with Crippen molar-refractivity contribution in [2.24, 2.45) is 0 Å². The van der Waals surface area contributed by atoms with Crippen LogP contribution < -0.4 is 15.4 Å². The van der Waals surface area contributed by atoms with Crippen LogP contribution in [0.4, 0.5) is 10.1 Å². The fourth-order valence-corrected chi connectivity index (χ4v) is 2.72. The lowest BCUT2D eigenvalue weighted by Gasteiger charge is -2.13. The van der Waals surface area contributed by atoms with E-state index >= 15 is 0 Å². The first kappa shape index (κ1) is 20.0. The molecule has 27 heavy (non-hydrogen) atoms. The van der Waals surface area contributed by atoms with Crippen molar-refractivity contribution in [2.75, 3.05) is 11.9 Å². The number of anilines is 1. The van der Waals surface area contributed by atoms with E-state index in [2.05, 4.69) is 15.6 Å². The number of benzene rings is 1. The number of amides is 2. The number of ether oxygens (including phenoxy) is 1. The molecule has 0 aliphatic carbocycles. The first-order chi connectivity index (χ1) is 12.8. The van der Waals surface area contributed by atoms with Gasteiger partial charge in [-0.1, -0.05) is 13.0 Å². The topological polar surface area (TPSA) is 141 Å². The van der Waals surface area contributed by atoms with Gasteiger partial charge in [0.2, 0.25) is 0 Å². The average molecular weight is 392 g/mol. The van der Waals surface area contributed by atoms with Gasteiger partial charge in [0, 0.05) is 13.5 Å². The Kier molecular flexibility index (Phi) is 6.55. The number of hydrogen-bond acceptors (Lipinski definition) is 8. The molecule has 0 spiro atoms. The molecule has 2 amide bonds. The Morgan fingerprint density at radius 2 is 2.04 bits per heavy atom. The molecule has 0 bridgehead atoms. The summed E-state index contributed by atoms with van der Waals surface area (Å²) in [4.78, 5) is 50.3. The normalized spacial score (nSPS) is 10.1. The van der Waals surface area contributed by atoms with E-state index in [1.165, 1.54) is 18.2 Å².